The van der Waals surface area contributed by atoms with Gasteiger partial charge in [0.25, 0.3) is 0 Å². The number of para-hydroxylation sites is 1. The van der Waals surface area contributed by atoms with E-state index in [1.807, 2.05) is 24.3 Å². The van der Waals surface area contributed by atoms with Crippen LogP contribution in [0.2, 0.25) is 5.02 Å². The van der Waals surface area contributed by atoms with Gasteiger partial charge in [-0.1, -0.05) is 42.0 Å². The predicted molar refractivity (Wildman–Crippen MR) is 116 cm³/mol. The Bertz CT molecular complexity index is 929. The topological polar surface area (TPSA) is 17.4 Å². The van der Waals surface area contributed by atoms with Gasteiger partial charge >= 0.3 is 0 Å². The summed E-state index contributed by atoms with van der Waals surface area (Å²) in [5, 5.41) is 1.94. The molecular weight excluding hydrogens is 376 g/mol. The molecule has 0 amide bonds. The smallest absolute Gasteiger partial charge is 0.119 e. The number of benzene rings is 2. The Hall–Kier alpha value is -2.04. The highest BCUT2D eigenvalue weighted by Gasteiger charge is 2.19. The molecule has 0 atom stereocenters. The lowest BCUT2D eigenvalue weighted by Gasteiger charge is -2.28. The van der Waals surface area contributed by atoms with Crippen molar-refractivity contribution in [3.8, 4) is 5.75 Å². The van der Waals surface area contributed by atoms with Crippen LogP contribution in [-0.4, -0.2) is 34.2 Å². The largest absolute Gasteiger partial charge is 0.492 e. The SMILES string of the molecule is S=C(c1cn(CCOc2ccc(Cl)cc2)c2ccccc12)N1CCCCC1. The maximum Gasteiger partial charge on any atom is 0.119 e. The lowest BCUT2D eigenvalue weighted by Crippen LogP contribution is -2.34. The lowest BCUT2D eigenvalue weighted by atomic mass is 10.1. The van der Waals surface area contributed by atoms with E-state index in [0.29, 0.717) is 6.61 Å². The summed E-state index contributed by atoms with van der Waals surface area (Å²) < 4.78 is 8.12. The fraction of sp³-hybridized carbons (Fsp3) is 0.318. The van der Waals surface area contributed by atoms with Crippen LogP contribution in [0, 0.1) is 0 Å². The molecule has 0 N–H and O–H groups in total. The first-order chi connectivity index (χ1) is 13.2. The van der Waals surface area contributed by atoms with Gasteiger partial charge in [0.15, 0.2) is 0 Å². The fourth-order valence-corrected chi connectivity index (χ4v) is 4.13. The van der Waals surface area contributed by atoms with E-state index in [1.54, 1.807) is 0 Å². The molecule has 4 rings (SSSR count). The monoisotopic (exact) mass is 398 g/mol. The van der Waals surface area contributed by atoms with Crippen molar-refractivity contribution in [3.63, 3.8) is 0 Å². The Morgan fingerprint density at radius 1 is 1.00 bits per heavy atom. The van der Waals surface area contributed by atoms with E-state index in [0.717, 1.165) is 41.0 Å². The van der Waals surface area contributed by atoms with Crippen molar-refractivity contribution in [2.24, 2.45) is 0 Å². The summed E-state index contributed by atoms with van der Waals surface area (Å²) >= 11 is 11.8. The standard InChI is InChI=1S/C22H23ClN2OS/c23-17-8-10-18(11-9-17)26-15-14-25-16-20(19-6-2-3-7-21(19)25)22(27)24-12-4-1-5-13-24/h2-3,6-11,16H,1,4-5,12-15H2. The Labute approximate surface area is 170 Å². The normalized spacial score (nSPS) is 14.5. The molecule has 1 aliphatic heterocycles. The molecule has 1 aromatic heterocycles. The molecular formula is C22H23ClN2OS. The number of fused-ring (bicyclic) bond motifs is 1. The van der Waals surface area contributed by atoms with Gasteiger partial charge in [0.1, 0.15) is 17.3 Å². The van der Waals surface area contributed by atoms with Gasteiger partial charge < -0.3 is 14.2 Å². The molecule has 0 aliphatic carbocycles. The summed E-state index contributed by atoms with van der Waals surface area (Å²) in [7, 11) is 0. The Morgan fingerprint density at radius 3 is 2.52 bits per heavy atom. The molecule has 0 saturated carbocycles. The molecule has 1 fully saturated rings. The number of hydrogen-bond acceptors (Lipinski definition) is 2. The summed E-state index contributed by atoms with van der Waals surface area (Å²) in [6, 6.07) is 16.0. The van der Waals surface area contributed by atoms with Gasteiger partial charge in [0.05, 0.1) is 6.54 Å². The summed E-state index contributed by atoms with van der Waals surface area (Å²) in [5.41, 5.74) is 2.36. The van der Waals surface area contributed by atoms with Crippen LogP contribution in [0.5, 0.6) is 5.75 Å². The first kappa shape index (κ1) is 18.3. The number of piperidine rings is 1. The average Bonchev–Trinajstić information content (AvgIpc) is 3.08. The molecule has 1 aliphatic rings. The Balaban J connectivity index is 1.52. The van der Waals surface area contributed by atoms with Gasteiger partial charge in [-0.3, -0.25) is 0 Å². The van der Waals surface area contributed by atoms with Crippen molar-refractivity contribution in [1.29, 1.82) is 0 Å². The molecule has 0 spiro atoms. The summed E-state index contributed by atoms with van der Waals surface area (Å²) in [4.78, 5) is 3.33. The van der Waals surface area contributed by atoms with E-state index in [-0.39, 0.29) is 0 Å². The van der Waals surface area contributed by atoms with Gasteiger partial charge in [-0.25, -0.2) is 0 Å². The van der Waals surface area contributed by atoms with Crippen LogP contribution in [-0.2, 0) is 6.54 Å². The molecule has 27 heavy (non-hydrogen) atoms. The zero-order valence-corrected chi connectivity index (χ0v) is 16.8. The van der Waals surface area contributed by atoms with Crippen LogP contribution in [0.15, 0.2) is 54.7 Å². The van der Waals surface area contributed by atoms with Crippen molar-refractivity contribution in [1.82, 2.24) is 9.47 Å². The predicted octanol–water partition coefficient (Wildman–Crippen LogP) is 5.54. The van der Waals surface area contributed by atoms with Crippen molar-refractivity contribution in [2.45, 2.75) is 25.8 Å². The second kappa shape index (κ2) is 8.32. The van der Waals surface area contributed by atoms with E-state index >= 15 is 0 Å². The number of rotatable bonds is 5. The molecule has 0 unspecified atom stereocenters. The lowest BCUT2D eigenvalue weighted by molar-refractivity contribution is 0.300. The third-order valence-corrected chi connectivity index (χ3v) is 5.81. The van der Waals surface area contributed by atoms with Crippen LogP contribution in [0.3, 0.4) is 0 Å². The minimum atomic E-state index is 0.593. The quantitative estimate of drug-likeness (QED) is 0.526. The van der Waals surface area contributed by atoms with Crippen LogP contribution in [0.1, 0.15) is 24.8 Å². The van der Waals surface area contributed by atoms with Gasteiger partial charge in [-0.05, 0) is 49.6 Å². The summed E-state index contributed by atoms with van der Waals surface area (Å²) in [6.45, 7) is 3.50. The molecule has 3 nitrogen and oxygen atoms in total. The van der Waals surface area contributed by atoms with E-state index in [9.17, 15) is 0 Å². The average molecular weight is 399 g/mol. The second-order valence-electron chi connectivity index (χ2n) is 6.91. The van der Waals surface area contributed by atoms with Gasteiger partial charge in [0.2, 0.25) is 0 Å². The number of nitrogens with zero attached hydrogens (tertiary/aromatic N) is 2. The maximum absolute atomic E-state index is 5.93. The Morgan fingerprint density at radius 2 is 1.74 bits per heavy atom. The zero-order valence-electron chi connectivity index (χ0n) is 15.2. The highest BCUT2D eigenvalue weighted by Crippen LogP contribution is 2.25. The number of thiocarbonyl (C=S) groups is 1. The van der Waals surface area contributed by atoms with Crippen LogP contribution < -0.4 is 4.74 Å². The van der Waals surface area contributed by atoms with Gasteiger partial charge in [0, 0.05) is 40.8 Å². The third kappa shape index (κ3) is 4.12. The molecule has 5 heteroatoms. The second-order valence-corrected chi connectivity index (χ2v) is 7.73. The number of halogens is 1. The zero-order chi connectivity index (χ0) is 18.6. The van der Waals surface area contributed by atoms with Crippen LogP contribution in [0.4, 0.5) is 0 Å². The van der Waals surface area contributed by atoms with Crippen molar-refractivity contribution >= 4 is 39.7 Å². The molecule has 3 aromatic rings. The van der Waals surface area contributed by atoms with Crippen LogP contribution in [0.25, 0.3) is 10.9 Å². The molecule has 0 radical (unpaired) electrons. The van der Waals surface area contributed by atoms with E-state index in [2.05, 4.69) is 39.9 Å². The Kier molecular flexibility index (Phi) is 5.65. The molecule has 2 aromatic carbocycles. The summed E-state index contributed by atoms with van der Waals surface area (Å²) in [5.74, 6) is 0.833. The minimum absolute atomic E-state index is 0.593. The fourth-order valence-electron chi connectivity index (χ4n) is 3.66. The first-order valence-electron chi connectivity index (χ1n) is 9.48. The number of hydrogen-bond donors (Lipinski definition) is 0. The van der Waals surface area contributed by atoms with Crippen molar-refractivity contribution in [3.05, 3.63) is 65.3 Å². The molecule has 2 heterocycles. The van der Waals surface area contributed by atoms with Gasteiger partial charge in [-0.2, -0.15) is 0 Å². The number of aromatic nitrogens is 1. The number of ether oxygens (including phenoxy) is 1. The first-order valence-corrected chi connectivity index (χ1v) is 10.3. The van der Waals surface area contributed by atoms with E-state index in [4.69, 9.17) is 28.6 Å². The third-order valence-electron chi connectivity index (χ3n) is 5.08. The minimum Gasteiger partial charge on any atom is -0.492 e. The number of likely N-dealkylation sites (tertiary alicyclic amines) is 1. The molecule has 1 saturated heterocycles. The highest BCUT2D eigenvalue weighted by molar-refractivity contribution is 7.80. The maximum atomic E-state index is 5.93. The van der Waals surface area contributed by atoms with E-state index in [1.165, 1.54) is 30.2 Å². The summed E-state index contributed by atoms with van der Waals surface area (Å²) in [6.07, 6.45) is 5.96. The molecule has 0 bridgehead atoms. The van der Waals surface area contributed by atoms with E-state index < -0.39 is 0 Å². The van der Waals surface area contributed by atoms with Crippen molar-refractivity contribution < 1.29 is 4.74 Å². The van der Waals surface area contributed by atoms with Crippen LogP contribution >= 0.6 is 23.8 Å². The van der Waals surface area contributed by atoms with Gasteiger partial charge in [-0.15, -0.1) is 0 Å². The highest BCUT2D eigenvalue weighted by atomic mass is 35.5. The molecule has 140 valence electrons. The van der Waals surface area contributed by atoms with Crippen molar-refractivity contribution in [2.75, 3.05) is 19.7 Å².